The van der Waals surface area contributed by atoms with E-state index >= 15 is 0 Å². The van der Waals surface area contributed by atoms with Crippen molar-refractivity contribution in [3.63, 3.8) is 0 Å². The maximum Gasteiger partial charge on any atom is 0.301 e. The van der Waals surface area contributed by atoms with Crippen molar-refractivity contribution in [1.29, 1.82) is 0 Å². The largest absolute Gasteiger partial charge is 0.507 e. The van der Waals surface area contributed by atoms with Crippen LogP contribution in [0.2, 0.25) is 0 Å². The first-order valence-electron chi connectivity index (χ1n) is 11.6. The van der Waals surface area contributed by atoms with Crippen molar-refractivity contribution in [3.8, 4) is 17.2 Å². The molecule has 2 heterocycles. The Kier molecular flexibility index (Phi) is 6.54. The summed E-state index contributed by atoms with van der Waals surface area (Å²) in [5.74, 6) is -0.0259. The molecule has 1 amide bonds. The molecule has 0 bridgehead atoms. The number of anilines is 1. The van der Waals surface area contributed by atoms with Crippen LogP contribution in [0.3, 0.4) is 0 Å². The number of nitrogens with zero attached hydrogens (tertiary/aromatic N) is 2. The molecule has 9 heteroatoms. The quantitative estimate of drug-likeness (QED) is 0.201. The van der Waals surface area contributed by atoms with Gasteiger partial charge in [-0.25, -0.2) is 4.98 Å². The number of hydrogen-bond acceptors (Lipinski definition) is 8. The van der Waals surface area contributed by atoms with E-state index in [2.05, 4.69) is 4.98 Å². The SMILES string of the molecule is CCOc1cccc(/C(O)=C2\C(=O)C(=O)N(c3nc4ccc(OC)cc4s3)C2c2ccc(OC)cc2)c1. The van der Waals surface area contributed by atoms with Crippen LogP contribution in [0.4, 0.5) is 5.13 Å². The first-order valence-corrected chi connectivity index (χ1v) is 12.4. The van der Waals surface area contributed by atoms with Gasteiger partial charge in [-0.2, -0.15) is 0 Å². The van der Waals surface area contributed by atoms with Crippen molar-refractivity contribution in [2.45, 2.75) is 13.0 Å². The lowest BCUT2D eigenvalue weighted by Crippen LogP contribution is -2.29. The average molecular weight is 517 g/mol. The number of thiazole rings is 1. The summed E-state index contributed by atoms with van der Waals surface area (Å²) in [4.78, 5) is 32.9. The number of benzene rings is 3. The summed E-state index contributed by atoms with van der Waals surface area (Å²) in [6.07, 6.45) is 0. The van der Waals surface area contributed by atoms with Gasteiger partial charge in [0.1, 0.15) is 23.0 Å². The van der Waals surface area contributed by atoms with Crippen LogP contribution < -0.4 is 19.1 Å². The summed E-state index contributed by atoms with van der Waals surface area (Å²) in [7, 11) is 3.13. The normalized spacial score (nSPS) is 16.8. The van der Waals surface area contributed by atoms with E-state index in [4.69, 9.17) is 14.2 Å². The Morgan fingerprint density at radius 1 is 0.973 bits per heavy atom. The zero-order valence-electron chi connectivity index (χ0n) is 20.4. The summed E-state index contributed by atoms with van der Waals surface area (Å²) in [6.45, 7) is 2.30. The van der Waals surface area contributed by atoms with E-state index in [0.717, 1.165) is 4.70 Å². The first-order chi connectivity index (χ1) is 17.9. The number of aliphatic hydroxyl groups excluding tert-OH is 1. The minimum Gasteiger partial charge on any atom is -0.507 e. The van der Waals surface area contributed by atoms with Crippen molar-refractivity contribution in [1.82, 2.24) is 4.98 Å². The van der Waals surface area contributed by atoms with Gasteiger partial charge < -0.3 is 19.3 Å². The van der Waals surface area contributed by atoms with Gasteiger partial charge in [-0.3, -0.25) is 14.5 Å². The molecule has 1 fully saturated rings. The van der Waals surface area contributed by atoms with Crippen molar-refractivity contribution in [3.05, 3.63) is 83.4 Å². The van der Waals surface area contributed by atoms with E-state index in [-0.39, 0.29) is 11.3 Å². The predicted molar refractivity (Wildman–Crippen MR) is 142 cm³/mol. The van der Waals surface area contributed by atoms with Crippen LogP contribution in [-0.4, -0.2) is 42.6 Å². The van der Waals surface area contributed by atoms with Gasteiger partial charge in [0.25, 0.3) is 5.78 Å². The van der Waals surface area contributed by atoms with Crippen molar-refractivity contribution in [2.24, 2.45) is 0 Å². The number of ketones is 1. The van der Waals surface area contributed by atoms with Crippen molar-refractivity contribution >= 4 is 44.1 Å². The standard InChI is InChI=1S/C28H24N2O6S/c1-4-36-20-7-5-6-17(14-20)25(31)23-24(16-8-10-18(34-2)11-9-16)30(27(33)26(23)32)28-29-21-13-12-19(35-3)15-22(21)37-28/h5-15,24,31H,4H2,1-3H3/b25-23+. The van der Waals surface area contributed by atoms with Gasteiger partial charge in [0.15, 0.2) is 5.13 Å². The van der Waals surface area contributed by atoms with Crippen molar-refractivity contribution < 1.29 is 28.9 Å². The fraction of sp³-hybridized carbons (Fsp3) is 0.179. The molecule has 1 aliphatic rings. The number of carbonyl (C=O) groups excluding carboxylic acids is 2. The van der Waals surface area contributed by atoms with Crippen LogP contribution in [0.1, 0.15) is 24.1 Å². The van der Waals surface area contributed by atoms with E-state index in [9.17, 15) is 14.7 Å². The Balaban J connectivity index is 1.69. The molecule has 8 nitrogen and oxygen atoms in total. The Bertz CT molecular complexity index is 1530. The lowest BCUT2D eigenvalue weighted by Gasteiger charge is -2.23. The molecule has 0 saturated carbocycles. The topological polar surface area (TPSA) is 98.2 Å². The molecule has 1 unspecified atom stereocenters. The minimum absolute atomic E-state index is 0.0272. The third-order valence-corrected chi connectivity index (χ3v) is 7.10. The summed E-state index contributed by atoms with van der Waals surface area (Å²) >= 11 is 1.27. The van der Waals surface area contributed by atoms with E-state index in [0.29, 0.717) is 45.6 Å². The maximum absolute atomic E-state index is 13.5. The smallest absolute Gasteiger partial charge is 0.301 e. The molecule has 0 spiro atoms. The third kappa shape index (κ3) is 4.38. The Morgan fingerprint density at radius 3 is 2.41 bits per heavy atom. The second-order valence-corrected chi connectivity index (χ2v) is 9.24. The van der Waals surface area contributed by atoms with Gasteiger partial charge in [0.05, 0.1) is 42.7 Å². The van der Waals surface area contributed by atoms with Crippen molar-refractivity contribution in [2.75, 3.05) is 25.7 Å². The number of aromatic nitrogens is 1. The third-order valence-electron chi connectivity index (χ3n) is 6.08. The lowest BCUT2D eigenvalue weighted by atomic mass is 9.95. The highest BCUT2D eigenvalue weighted by molar-refractivity contribution is 7.22. The molecular weight excluding hydrogens is 492 g/mol. The Hall–Kier alpha value is -4.37. The molecule has 0 radical (unpaired) electrons. The van der Waals surface area contributed by atoms with Gasteiger partial charge >= 0.3 is 5.91 Å². The predicted octanol–water partition coefficient (Wildman–Crippen LogP) is 5.34. The van der Waals surface area contributed by atoms with E-state index < -0.39 is 17.7 Å². The summed E-state index contributed by atoms with van der Waals surface area (Å²) in [5, 5.41) is 11.7. The Labute approximate surface area is 217 Å². The number of carbonyl (C=O) groups is 2. The summed E-state index contributed by atoms with van der Waals surface area (Å²) < 4.78 is 17.0. The summed E-state index contributed by atoms with van der Waals surface area (Å²) in [6, 6.07) is 18.3. The van der Waals surface area contributed by atoms with Gasteiger partial charge in [0, 0.05) is 5.56 Å². The molecular formula is C28H24N2O6S. The number of ether oxygens (including phenoxy) is 3. The van der Waals surface area contributed by atoms with E-state index in [1.165, 1.54) is 16.2 Å². The van der Waals surface area contributed by atoms with Crippen LogP contribution in [0.25, 0.3) is 16.0 Å². The second kappa shape index (κ2) is 9.94. The molecule has 1 atom stereocenters. The van der Waals surface area contributed by atoms with Gasteiger partial charge in [-0.05, 0) is 55.0 Å². The molecule has 5 rings (SSSR count). The Morgan fingerprint density at radius 2 is 1.70 bits per heavy atom. The number of rotatable bonds is 7. The molecule has 1 aromatic heterocycles. The molecule has 37 heavy (non-hydrogen) atoms. The molecule has 1 saturated heterocycles. The molecule has 4 aromatic rings. The minimum atomic E-state index is -0.899. The highest BCUT2D eigenvalue weighted by atomic mass is 32.1. The van der Waals surface area contributed by atoms with Gasteiger partial charge in [-0.1, -0.05) is 35.6 Å². The van der Waals surface area contributed by atoms with Crippen LogP contribution >= 0.6 is 11.3 Å². The summed E-state index contributed by atoms with van der Waals surface area (Å²) in [5.41, 5.74) is 1.64. The fourth-order valence-corrected chi connectivity index (χ4v) is 5.33. The number of Topliss-reactive ketones (excluding diaryl/α,β-unsaturated/α-hetero) is 1. The monoisotopic (exact) mass is 516 g/mol. The zero-order valence-corrected chi connectivity index (χ0v) is 21.2. The number of hydrogen-bond donors (Lipinski definition) is 1. The molecule has 1 aliphatic heterocycles. The average Bonchev–Trinajstić information content (AvgIpc) is 3.46. The molecule has 3 aromatic carbocycles. The van der Waals surface area contributed by atoms with Crippen LogP contribution in [0.5, 0.6) is 17.2 Å². The number of methoxy groups -OCH3 is 2. The molecule has 188 valence electrons. The lowest BCUT2D eigenvalue weighted by molar-refractivity contribution is -0.132. The van der Waals surface area contributed by atoms with E-state index in [1.54, 1.807) is 74.9 Å². The first kappa shape index (κ1) is 24.3. The highest BCUT2D eigenvalue weighted by Gasteiger charge is 2.48. The maximum atomic E-state index is 13.5. The number of fused-ring (bicyclic) bond motifs is 1. The van der Waals surface area contributed by atoms with Crippen LogP contribution in [-0.2, 0) is 9.59 Å². The number of amides is 1. The fourth-order valence-electron chi connectivity index (χ4n) is 4.31. The highest BCUT2D eigenvalue weighted by Crippen LogP contribution is 2.45. The van der Waals surface area contributed by atoms with Crippen LogP contribution in [0, 0.1) is 0 Å². The molecule has 1 N–H and O–H groups in total. The van der Waals surface area contributed by atoms with Gasteiger partial charge in [-0.15, -0.1) is 0 Å². The van der Waals surface area contributed by atoms with Gasteiger partial charge in [0.2, 0.25) is 0 Å². The second-order valence-electron chi connectivity index (χ2n) is 8.23. The molecule has 0 aliphatic carbocycles. The number of aliphatic hydroxyl groups is 1. The zero-order chi connectivity index (χ0) is 26.1. The van der Waals surface area contributed by atoms with Crippen LogP contribution in [0.15, 0.2) is 72.3 Å². The van der Waals surface area contributed by atoms with E-state index in [1.807, 2.05) is 13.0 Å².